The van der Waals surface area contributed by atoms with E-state index in [-0.39, 0.29) is 11.7 Å². The largest absolute Gasteiger partial charge is 0.356 e. The van der Waals surface area contributed by atoms with Crippen molar-refractivity contribution in [3.8, 4) is 11.3 Å². The first-order valence-corrected chi connectivity index (χ1v) is 7.57. The van der Waals surface area contributed by atoms with Crippen molar-refractivity contribution in [1.82, 2.24) is 15.5 Å². The van der Waals surface area contributed by atoms with Crippen LogP contribution < -0.4 is 5.32 Å². The molecule has 2 heterocycles. The van der Waals surface area contributed by atoms with Gasteiger partial charge in [-0.3, -0.25) is 9.78 Å². The molecule has 0 spiro atoms. The smallest absolute Gasteiger partial charge is 0.220 e. The maximum absolute atomic E-state index is 13.0. The van der Waals surface area contributed by atoms with Gasteiger partial charge in [0.1, 0.15) is 5.82 Å². The monoisotopic (exact) mass is 325 g/mol. The highest BCUT2D eigenvalue weighted by Gasteiger charge is 2.12. The highest BCUT2D eigenvalue weighted by molar-refractivity contribution is 5.76. The Morgan fingerprint density at radius 2 is 1.88 bits per heavy atom. The van der Waals surface area contributed by atoms with Crippen molar-refractivity contribution in [2.45, 2.75) is 19.4 Å². The molecule has 0 aliphatic heterocycles. The Morgan fingerprint density at radius 3 is 2.62 bits per heavy atom. The van der Waals surface area contributed by atoms with Crippen LogP contribution in [0.5, 0.6) is 0 Å². The molecule has 3 rings (SSSR count). The van der Waals surface area contributed by atoms with E-state index in [1.54, 1.807) is 30.7 Å². The number of benzene rings is 1. The number of hydrogen-bond acceptors (Lipinski definition) is 4. The maximum Gasteiger partial charge on any atom is 0.220 e. The van der Waals surface area contributed by atoms with Gasteiger partial charge in [0.2, 0.25) is 5.91 Å². The van der Waals surface area contributed by atoms with E-state index < -0.39 is 0 Å². The molecule has 5 nitrogen and oxygen atoms in total. The molecule has 0 radical (unpaired) electrons. The van der Waals surface area contributed by atoms with Gasteiger partial charge in [-0.15, -0.1) is 0 Å². The van der Waals surface area contributed by atoms with E-state index in [0.717, 1.165) is 16.7 Å². The van der Waals surface area contributed by atoms with Gasteiger partial charge in [0, 0.05) is 36.5 Å². The number of rotatable bonds is 6. The number of aromatic nitrogens is 2. The van der Waals surface area contributed by atoms with Crippen LogP contribution in [0, 0.1) is 5.82 Å². The molecule has 1 amide bonds. The van der Waals surface area contributed by atoms with E-state index in [0.29, 0.717) is 25.1 Å². The molecule has 0 atom stereocenters. The third kappa shape index (κ3) is 4.04. The normalized spacial score (nSPS) is 10.5. The van der Waals surface area contributed by atoms with Gasteiger partial charge in [-0.25, -0.2) is 4.39 Å². The number of carbonyl (C=O) groups excluding carboxylic acids is 1. The quantitative estimate of drug-likeness (QED) is 0.756. The summed E-state index contributed by atoms with van der Waals surface area (Å²) in [7, 11) is 0. The molecule has 24 heavy (non-hydrogen) atoms. The molecule has 0 saturated carbocycles. The van der Waals surface area contributed by atoms with Crippen molar-refractivity contribution >= 4 is 5.91 Å². The Hall–Kier alpha value is -3.02. The zero-order chi connectivity index (χ0) is 16.8. The zero-order valence-electron chi connectivity index (χ0n) is 12.9. The molecule has 0 aliphatic rings. The molecular formula is C18H16FN3O2. The van der Waals surface area contributed by atoms with Crippen molar-refractivity contribution in [3.05, 3.63) is 71.9 Å². The molecule has 1 aromatic carbocycles. The number of nitrogens with one attached hydrogen (secondary N) is 1. The van der Waals surface area contributed by atoms with Gasteiger partial charge in [0.15, 0.2) is 5.76 Å². The van der Waals surface area contributed by atoms with Crippen molar-refractivity contribution in [3.63, 3.8) is 0 Å². The summed E-state index contributed by atoms with van der Waals surface area (Å²) < 4.78 is 18.2. The van der Waals surface area contributed by atoms with Crippen LogP contribution in [0.15, 0.2) is 59.5 Å². The van der Waals surface area contributed by atoms with Crippen LogP contribution in [-0.4, -0.2) is 16.0 Å². The second-order valence-electron chi connectivity index (χ2n) is 5.32. The fourth-order valence-corrected chi connectivity index (χ4v) is 2.32. The Bertz CT molecular complexity index is 801. The minimum atomic E-state index is -0.310. The van der Waals surface area contributed by atoms with Crippen molar-refractivity contribution in [2.75, 3.05) is 0 Å². The van der Waals surface area contributed by atoms with Crippen LogP contribution in [0.25, 0.3) is 11.3 Å². The summed E-state index contributed by atoms with van der Waals surface area (Å²) in [6.07, 6.45) is 5.79. The lowest BCUT2D eigenvalue weighted by atomic mass is 10.1. The number of carbonyl (C=O) groups is 1. The number of nitrogens with zero attached hydrogens (tertiary/aromatic N) is 2. The van der Waals surface area contributed by atoms with E-state index in [2.05, 4.69) is 15.5 Å². The summed E-state index contributed by atoms with van der Waals surface area (Å²) >= 11 is 0. The lowest BCUT2D eigenvalue weighted by molar-refractivity contribution is -0.121. The van der Waals surface area contributed by atoms with Gasteiger partial charge in [0.05, 0.1) is 6.20 Å². The molecule has 0 saturated heterocycles. The van der Waals surface area contributed by atoms with E-state index in [4.69, 9.17) is 4.52 Å². The number of hydrogen-bond donors (Lipinski definition) is 1. The van der Waals surface area contributed by atoms with Crippen LogP contribution in [-0.2, 0) is 17.8 Å². The van der Waals surface area contributed by atoms with Crippen LogP contribution in [0.3, 0.4) is 0 Å². The molecular weight excluding hydrogens is 309 g/mol. The molecule has 0 aliphatic carbocycles. The third-order valence-electron chi connectivity index (χ3n) is 3.61. The molecule has 0 bridgehead atoms. The summed E-state index contributed by atoms with van der Waals surface area (Å²) in [5, 5.41) is 6.65. The van der Waals surface area contributed by atoms with Crippen molar-refractivity contribution in [2.24, 2.45) is 0 Å². The van der Waals surface area contributed by atoms with Gasteiger partial charge in [-0.2, -0.15) is 0 Å². The van der Waals surface area contributed by atoms with Crippen molar-refractivity contribution in [1.29, 1.82) is 0 Å². The minimum Gasteiger partial charge on any atom is -0.356 e. The third-order valence-corrected chi connectivity index (χ3v) is 3.61. The lowest BCUT2D eigenvalue weighted by Crippen LogP contribution is -2.23. The molecule has 0 fully saturated rings. The summed E-state index contributed by atoms with van der Waals surface area (Å²) in [6.45, 7) is 0.468. The summed E-state index contributed by atoms with van der Waals surface area (Å²) in [5.74, 6) is 0.199. The standard InChI is InChI=1S/C18H16FN3O2/c19-16-4-1-14(2-5-16)18-15(12-22-24-18)3-6-17(23)21-11-13-7-9-20-10-8-13/h1-2,4-5,7-10,12H,3,6,11H2,(H,21,23). The fraction of sp³-hybridized carbons (Fsp3) is 0.167. The maximum atomic E-state index is 13.0. The van der Waals surface area contributed by atoms with Crippen LogP contribution >= 0.6 is 0 Å². The minimum absolute atomic E-state index is 0.0573. The van der Waals surface area contributed by atoms with Gasteiger partial charge in [-0.1, -0.05) is 5.16 Å². The Labute approximate surface area is 138 Å². The summed E-state index contributed by atoms with van der Waals surface area (Å²) in [4.78, 5) is 15.9. The summed E-state index contributed by atoms with van der Waals surface area (Å²) in [6, 6.07) is 9.69. The molecule has 122 valence electrons. The van der Waals surface area contributed by atoms with E-state index in [1.165, 1.54) is 12.1 Å². The van der Waals surface area contributed by atoms with E-state index in [1.807, 2.05) is 12.1 Å². The number of halogens is 1. The second kappa shape index (κ2) is 7.50. The van der Waals surface area contributed by atoms with Crippen LogP contribution in [0.4, 0.5) is 4.39 Å². The van der Waals surface area contributed by atoms with E-state index in [9.17, 15) is 9.18 Å². The molecule has 6 heteroatoms. The Kier molecular flexibility index (Phi) is 4.96. The second-order valence-corrected chi connectivity index (χ2v) is 5.32. The van der Waals surface area contributed by atoms with Crippen LogP contribution in [0.2, 0.25) is 0 Å². The lowest BCUT2D eigenvalue weighted by Gasteiger charge is -2.05. The molecule has 1 N–H and O–H groups in total. The summed E-state index contributed by atoms with van der Waals surface area (Å²) in [5.41, 5.74) is 2.55. The number of aryl methyl sites for hydroxylation is 1. The highest BCUT2D eigenvalue weighted by atomic mass is 19.1. The Morgan fingerprint density at radius 1 is 1.12 bits per heavy atom. The predicted octanol–water partition coefficient (Wildman–Crippen LogP) is 3.12. The molecule has 0 unspecified atom stereocenters. The van der Waals surface area contributed by atoms with Gasteiger partial charge in [-0.05, 0) is 48.4 Å². The van der Waals surface area contributed by atoms with Crippen LogP contribution in [0.1, 0.15) is 17.5 Å². The average Bonchev–Trinajstić information content (AvgIpc) is 3.08. The topological polar surface area (TPSA) is 68.0 Å². The SMILES string of the molecule is O=C(CCc1cnoc1-c1ccc(F)cc1)NCc1ccncc1. The fourth-order valence-electron chi connectivity index (χ4n) is 2.32. The highest BCUT2D eigenvalue weighted by Crippen LogP contribution is 2.24. The van der Waals surface area contributed by atoms with Crippen molar-refractivity contribution < 1.29 is 13.7 Å². The first-order chi connectivity index (χ1) is 11.7. The number of pyridine rings is 1. The first kappa shape index (κ1) is 15.9. The zero-order valence-corrected chi connectivity index (χ0v) is 12.9. The predicted molar refractivity (Wildman–Crippen MR) is 86.3 cm³/mol. The van der Waals surface area contributed by atoms with E-state index >= 15 is 0 Å². The molecule has 3 aromatic rings. The molecule has 2 aromatic heterocycles. The van der Waals surface area contributed by atoms with Gasteiger partial charge >= 0.3 is 0 Å². The first-order valence-electron chi connectivity index (χ1n) is 7.57. The average molecular weight is 325 g/mol. The van der Waals surface area contributed by atoms with Gasteiger partial charge < -0.3 is 9.84 Å². The Balaban J connectivity index is 1.56. The number of amides is 1. The van der Waals surface area contributed by atoms with Gasteiger partial charge in [0.25, 0.3) is 0 Å².